The summed E-state index contributed by atoms with van der Waals surface area (Å²) in [5.41, 5.74) is 1.02. The number of nitrogens with one attached hydrogen (secondary N) is 1. The van der Waals surface area contributed by atoms with E-state index in [9.17, 15) is 4.79 Å². The van der Waals surface area contributed by atoms with Gasteiger partial charge >= 0.3 is 0 Å². The van der Waals surface area contributed by atoms with Gasteiger partial charge in [-0.25, -0.2) is 4.98 Å². The number of aryl methyl sites for hydroxylation is 2. The van der Waals surface area contributed by atoms with Crippen molar-refractivity contribution >= 4 is 17.1 Å². The Labute approximate surface area is 99.0 Å². The van der Waals surface area contributed by atoms with Gasteiger partial charge in [0.2, 0.25) is 0 Å². The monoisotopic (exact) mass is 240 g/mol. The molecule has 2 rings (SSSR count). The predicted molar refractivity (Wildman–Crippen MR) is 62.9 cm³/mol. The molecule has 1 unspecified atom stereocenters. The predicted octanol–water partition coefficient (Wildman–Crippen LogP) is 0.860. The lowest BCUT2D eigenvalue weighted by atomic mass is 10.1. The molecule has 0 saturated carbocycles. The van der Waals surface area contributed by atoms with Crippen molar-refractivity contribution in [1.29, 1.82) is 0 Å². The highest BCUT2D eigenvalue weighted by Crippen LogP contribution is 2.17. The summed E-state index contributed by atoms with van der Waals surface area (Å²) in [6, 6.07) is 0. The summed E-state index contributed by atoms with van der Waals surface area (Å²) in [5.74, 6) is 0.126. The second-order valence-electron chi connectivity index (χ2n) is 3.96. The number of rotatable bonds is 3. The Morgan fingerprint density at radius 2 is 2.44 bits per heavy atom. The molecule has 5 heteroatoms. The van der Waals surface area contributed by atoms with Crippen molar-refractivity contribution in [2.24, 2.45) is 0 Å². The van der Waals surface area contributed by atoms with Crippen LogP contribution in [-0.4, -0.2) is 36.6 Å². The van der Waals surface area contributed by atoms with E-state index in [1.165, 1.54) is 4.88 Å². The molecule has 16 heavy (non-hydrogen) atoms. The van der Waals surface area contributed by atoms with Crippen molar-refractivity contribution in [1.82, 2.24) is 10.3 Å². The Kier molecular flexibility index (Phi) is 3.68. The molecule has 0 aliphatic carbocycles. The average Bonchev–Trinajstić information content (AvgIpc) is 2.59. The van der Waals surface area contributed by atoms with E-state index >= 15 is 0 Å². The molecule has 1 atom stereocenters. The Hall–Kier alpha value is -0.780. The number of morpholine rings is 1. The van der Waals surface area contributed by atoms with Gasteiger partial charge in [0.1, 0.15) is 11.1 Å². The molecule has 0 spiro atoms. The number of thiazole rings is 1. The topological polar surface area (TPSA) is 51.2 Å². The first kappa shape index (κ1) is 11.7. The minimum absolute atomic E-state index is 0.126. The molecule has 1 aromatic heterocycles. The summed E-state index contributed by atoms with van der Waals surface area (Å²) >= 11 is 1.60. The van der Waals surface area contributed by atoms with Crippen molar-refractivity contribution in [3.8, 4) is 0 Å². The first-order valence-electron chi connectivity index (χ1n) is 5.45. The first-order valence-corrected chi connectivity index (χ1v) is 6.26. The molecule has 0 bridgehead atoms. The Bertz CT molecular complexity index is 364. The van der Waals surface area contributed by atoms with Gasteiger partial charge in [-0.2, -0.15) is 0 Å². The van der Waals surface area contributed by atoms with Crippen LogP contribution in [0.25, 0.3) is 0 Å². The van der Waals surface area contributed by atoms with Crippen LogP contribution in [0.4, 0.5) is 0 Å². The minimum atomic E-state index is -0.293. The van der Waals surface area contributed by atoms with E-state index in [1.54, 1.807) is 11.3 Å². The van der Waals surface area contributed by atoms with Crippen molar-refractivity contribution in [2.45, 2.75) is 26.4 Å². The third-order valence-electron chi connectivity index (χ3n) is 2.69. The highest BCUT2D eigenvalue weighted by molar-refractivity contribution is 7.11. The summed E-state index contributed by atoms with van der Waals surface area (Å²) in [4.78, 5) is 17.4. The molecule has 88 valence electrons. The van der Waals surface area contributed by atoms with Gasteiger partial charge in [0, 0.05) is 18.0 Å². The van der Waals surface area contributed by atoms with Crippen LogP contribution in [0.15, 0.2) is 0 Å². The van der Waals surface area contributed by atoms with Crippen LogP contribution >= 0.6 is 11.3 Å². The van der Waals surface area contributed by atoms with E-state index in [0.29, 0.717) is 19.6 Å². The van der Waals surface area contributed by atoms with Gasteiger partial charge in [-0.15, -0.1) is 11.3 Å². The van der Waals surface area contributed by atoms with E-state index in [4.69, 9.17) is 4.74 Å². The number of hydrogen-bond acceptors (Lipinski definition) is 5. The molecule has 1 aromatic rings. The van der Waals surface area contributed by atoms with Gasteiger partial charge < -0.3 is 10.1 Å². The number of nitrogens with zero attached hydrogens (tertiary/aromatic N) is 1. The largest absolute Gasteiger partial charge is 0.368 e. The van der Waals surface area contributed by atoms with E-state index in [-0.39, 0.29) is 11.9 Å². The highest BCUT2D eigenvalue weighted by Gasteiger charge is 2.22. The third-order valence-corrected chi connectivity index (χ3v) is 3.76. The molecule has 4 nitrogen and oxygen atoms in total. The van der Waals surface area contributed by atoms with E-state index in [0.717, 1.165) is 17.2 Å². The lowest BCUT2D eigenvalue weighted by Crippen LogP contribution is -2.43. The zero-order valence-corrected chi connectivity index (χ0v) is 10.4. The lowest BCUT2D eigenvalue weighted by molar-refractivity contribution is -0.131. The quantitative estimate of drug-likeness (QED) is 0.851. The van der Waals surface area contributed by atoms with E-state index in [1.807, 2.05) is 13.8 Å². The summed E-state index contributed by atoms with van der Waals surface area (Å²) in [6.45, 7) is 6.08. The molecule has 1 N–H and O–H groups in total. The second-order valence-corrected chi connectivity index (χ2v) is 5.24. The summed E-state index contributed by atoms with van der Waals surface area (Å²) in [5, 5.41) is 4.05. The standard InChI is InChI=1S/C11H16N2O2S/c1-7-8(2)16-11(13-7)5-9(14)10-6-12-3-4-15-10/h10,12H,3-6H2,1-2H3. The fraction of sp³-hybridized carbons (Fsp3) is 0.636. The van der Waals surface area contributed by atoms with Crippen LogP contribution < -0.4 is 5.32 Å². The molecular formula is C11H16N2O2S. The van der Waals surface area contributed by atoms with Crippen LogP contribution in [0.3, 0.4) is 0 Å². The van der Waals surface area contributed by atoms with Crippen LogP contribution in [0.1, 0.15) is 15.6 Å². The van der Waals surface area contributed by atoms with E-state index < -0.39 is 0 Å². The van der Waals surface area contributed by atoms with Gasteiger partial charge in [0.25, 0.3) is 0 Å². The lowest BCUT2D eigenvalue weighted by Gasteiger charge is -2.21. The van der Waals surface area contributed by atoms with E-state index in [2.05, 4.69) is 10.3 Å². The van der Waals surface area contributed by atoms with Crippen LogP contribution in [0, 0.1) is 13.8 Å². The van der Waals surface area contributed by atoms with Gasteiger partial charge in [0.15, 0.2) is 5.78 Å². The zero-order valence-electron chi connectivity index (χ0n) is 9.58. The number of carbonyl (C=O) groups is 1. The fourth-order valence-electron chi connectivity index (χ4n) is 1.65. The molecular weight excluding hydrogens is 224 g/mol. The first-order chi connectivity index (χ1) is 7.66. The van der Waals surface area contributed by atoms with Gasteiger partial charge in [-0.1, -0.05) is 0 Å². The number of ether oxygens (including phenoxy) is 1. The van der Waals surface area contributed by atoms with Crippen molar-refractivity contribution < 1.29 is 9.53 Å². The Morgan fingerprint density at radius 1 is 1.62 bits per heavy atom. The maximum atomic E-state index is 11.9. The Balaban J connectivity index is 1.95. The molecule has 1 saturated heterocycles. The number of aromatic nitrogens is 1. The molecule has 0 amide bonds. The third kappa shape index (κ3) is 2.66. The van der Waals surface area contributed by atoms with Crippen molar-refractivity contribution in [3.63, 3.8) is 0 Å². The fourth-order valence-corrected chi connectivity index (χ4v) is 2.59. The normalized spacial score (nSPS) is 21.0. The van der Waals surface area contributed by atoms with Gasteiger partial charge in [0.05, 0.1) is 18.7 Å². The highest BCUT2D eigenvalue weighted by atomic mass is 32.1. The van der Waals surface area contributed by atoms with Crippen LogP contribution in [0.5, 0.6) is 0 Å². The number of ketones is 1. The summed E-state index contributed by atoms with van der Waals surface area (Å²) in [7, 11) is 0. The van der Waals surface area contributed by atoms with Gasteiger partial charge in [-0.05, 0) is 13.8 Å². The second kappa shape index (κ2) is 5.03. The molecule has 0 radical (unpaired) electrons. The van der Waals surface area contributed by atoms with Gasteiger partial charge in [-0.3, -0.25) is 4.79 Å². The zero-order chi connectivity index (χ0) is 11.5. The maximum absolute atomic E-state index is 11.9. The van der Waals surface area contributed by atoms with Crippen molar-refractivity contribution in [2.75, 3.05) is 19.7 Å². The smallest absolute Gasteiger partial charge is 0.169 e. The molecule has 1 fully saturated rings. The Morgan fingerprint density at radius 3 is 3.00 bits per heavy atom. The molecule has 0 aromatic carbocycles. The van der Waals surface area contributed by atoms with Crippen LogP contribution in [0.2, 0.25) is 0 Å². The SMILES string of the molecule is Cc1nc(CC(=O)C2CNCCO2)sc1C. The maximum Gasteiger partial charge on any atom is 0.169 e. The number of hydrogen-bond donors (Lipinski definition) is 1. The molecule has 2 heterocycles. The summed E-state index contributed by atoms with van der Waals surface area (Å²) in [6.07, 6.45) is 0.101. The molecule has 1 aliphatic heterocycles. The molecule has 1 aliphatic rings. The minimum Gasteiger partial charge on any atom is -0.368 e. The summed E-state index contributed by atoms with van der Waals surface area (Å²) < 4.78 is 5.41. The van der Waals surface area contributed by atoms with Crippen molar-refractivity contribution in [3.05, 3.63) is 15.6 Å². The number of carbonyl (C=O) groups excluding carboxylic acids is 1. The number of Topliss-reactive ketones (excluding diaryl/α,β-unsaturated/α-hetero) is 1. The van der Waals surface area contributed by atoms with Crippen LogP contribution in [-0.2, 0) is 16.0 Å². The average molecular weight is 240 g/mol.